The van der Waals surface area contributed by atoms with Crippen LogP contribution in [0, 0.1) is 6.92 Å². The molecule has 2 N–H and O–H groups in total. The largest absolute Gasteiger partial charge is 0.378 e. The quantitative estimate of drug-likeness (QED) is 0.399. The Morgan fingerprint density at radius 1 is 1.14 bits per heavy atom. The molecule has 7 heteroatoms. The van der Waals surface area contributed by atoms with Gasteiger partial charge in [0.15, 0.2) is 5.65 Å². The van der Waals surface area contributed by atoms with Gasteiger partial charge >= 0.3 is 0 Å². The number of aromatic nitrogens is 5. The third-order valence-corrected chi connectivity index (χ3v) is 8.11. The lowest BCUT2D eigenvalue weighted by atomic mass is 9.83. The molecule has 0 atom stereocenters. The standard InChI is InChI=1S/C28H36N6O/c1-5-21-17(4)22(12-34-28(21)29-15-30-34)26-25(16(2)3)27-24(33-26)11-10-23(32-27)18-6-8-19(9-7-18)31-20-13-35-14-20/h10-12,15-16,18-20,31,33H,5-9,13-14H2,1-4H3. The van der Waals surface area contributed by atoms with E-state index in [0.29, 0.717) is 23.9 Å². The Labute approximate surface area is 206 Å². The molecule has 2 aliphatic rings. The first kappa shape index (κ1) is 22.7. The highest BCUT2D eigenvalue weighted by molar-refractivity contribution is 5.89. The molecule has 1 aliphatic heterocycles. The number of pyridine rings is 2. The van der Waals surface area contributed by atoms with Crippen molar-refractivity contribution in [2.75, 3.05) is 13.2 Å². The summed E-state index contributed by atoms with van der Waals surface area (Å²) in [7, 11) is 0. The first-order valence-corrected chi connectivity index (χ1v) is 13.2. The van der Waals surface area contributed by atoms with E-state index in [0.717, 1.165) is 36.3 Å². The van der Waals surface area contributed by atoms with Gasteiger partial charge in [0.25, 0.3) is 0 Å². The number of hydrogen-bond donors (Lipinski definition) is 2. The SMILES string of the molecule is CCc1c(C)c(-c2[nH]c3ccc(C4CCC(NC5COC5)CC4)nc3c2C(C)C)cn2ncnc12. The summed E-state index contributed by atoms with van der Waals surface area (Å²) in [6.45, 7) is 10.7. The lowest BCUT2D eigenvalue weighted by molar-refractivity contribution is -0.0121. The van der Waals surface area contributed by atoms with Gasteiger partial charge in [0.2, 0.25) is 0 Å². The normalized spacial score (nSPS) is 21.3. The number of nitrogens with one attached hydrogen (secondary N) is 2. The fourth-order valence-electron chi connectivity index (χ4n) is 6.11. The maximum Gasteiger partial charge on any atom is 0.158 e. The van der Waals surface area contributed by atoms with Crippen LogP contribution in [0.15, 0.2) is 24.7 Å². The van der Waals surface area contributed by atoms with Crippen LogP contribution in [0.1, 0.15) is 80.7 Å². The molecule has 6 rings (SSSR count). The fraction of sp³-hybridized carbons (Fsp3) is 0.536. The number of nitrogens with zero attached hydrogens (tertiary/aromatic N) is 4. The van der Waals surface area contributed by atoms with Crippen LogP contribution in [0.4, 0.5) is 0 Å². The molecule has 7 nitrogen and oxygen atoms in total. The first-order valence-electron chi connectivity index (χ1n) is 13.2. The molecular weight excluding hydrogens is 436 g/mol. The van der Waals surface area contributed by atoms with E-state index >= 15 is 0 Å². The van der Waals surface area contributed by atoms with Gasteiger partial charge in [-0.25, -0.2) is 9.50 Å². The van der Waals surface area contributed by atoms with Crippen LogP contribution in [0.5, 0.6) is 0 Å². The van der Waals surface area contributed by atoms with Gasteiger partial charge in [0, 0.05) is 40.5 Å². The minimum absolute atomic E-state index is 0.349. The lowest BCUT2D eigenvalue weighted by Gasteiger charge is -2.35. The van der Waals surface area contributed by atoms with Gasteiger partial charge in [-0.3, -0.25) is 4.98 Å². The average Bonchev–Trinajstić information content (AvgIpc) is 3.45. The minimum atomic E-state index is 0.349. The number of ether oxygens (including phenoxy) is 1. The Morgan fingerprint density at radius 3 is 2.63 bits per heavy atom. The second kappa shape index (κ2) is 9.03. The van der Waals surface area contributed by atoms with Crippen molar-refractivity contribution >= 4 is 16.7 Å². The first-order chi connectivity index (χ1) is 17.0. The summed E-state index contributed by atoms with van der Waals surface area (Å²) in [5.74, 6) is 0.885. The second-order valence-electron chi connectivity index (χ2n) is 10.7. The van der Waals surface area contributed by atoms with E-state index in [1.165, 1.54) is 59.3 Å². The number of hydrogen-bond acceptors (Lipinski definition) is 5. The van der Waals surface area contributed by atoms with Gasteiger partial charge in [-0.2, -0.15) is 5.10 Å². The van der Waals surface area contributed by atoms with E-state index in [1.54, 1.807) is 6.33 Å². The number of fused-ring (bicyclic) bond motifs is 2. The number of H-pyrrole nitrogens is 1. The molecule has 1 aliphatic carbocycles. The highest BCUT2D eigenvalue weighted by atomic mass is 16.5. The maximum atomic E-state index is 5.33. The summed E-state index contributed by atoms with van der Waals surface area (Å²) in [6.07, 6.45) is 9.51. The van der Waals surface area contributed by atoms with Crippen molar-refractivity contribution in [2.45, 2.75) is 83.7 Å². The molecule has 4 aromatic heterocycles. The monoisotopic (exact) mass is 472 g/mol. The Kier molecular flexibility index (Phi) is 5.85. The zero-order valence-electron chi connectivity index (χ0n) is 21.3. The highest BCUT2D eigenvalue weighted by Gasteiger charge is 2.28. The smallest absolute Gasteiger partial charge is 0.158 e. The zero-order valence-corrected chi connectivity index (χ0v) is 21.3. The van der Waals surface area contributed by atoms with Crippen molar-refractivity contribution in [1.82, 2.24) is 29.9 Å². The third kappa shape index (κ3) is 3.95. The summed E-state index contributed by atoms with van der Waals surface area (Å²) in [5.41, 5.74) is 10.6. The third-order valence-electron chi connectivity index (χ3n) is 8.11. The van der Waals surface area contributed by atoms with Gasteiger partial charge in [0.1, 0.15) is 6.33 Å². The molecule has 5 heterocycles. The van der Waals surface area contributed by atoms with E-state index < -0.39 is 0 Å². The molecule has 0 spiro atoms. The molecule has 1 saturated carbocycles. The molecule has 184 valence electrons. The van der Waals surface area contributed by atoms with Crippen molar-refractivity contribution in [3.63, 3.8) is 0 Å². The van der Waals surface area contributed by atoms with E-state index in [1.807, 2.05) is 4.52 Å². The lowest BCUT2D eigenvalue weighted by Crippen LogP contribution is -2.51. The van der Waals surface area contributed by atoms with Crippen LogP contribution in [-0.2, 0) is 11.2 Å². The van der Waals surface area contributed by atoms with Crippen molar-refractivity contribution in [2.24, 2.45) is 0 Å². The van der Waals surface area contributed by atoms with Crippen molar-refractivity contribution in [3.05, 3.63) is 47.0 Å². The van der Waals surface area contributed by atoms with Crippen LogP contribution in [0.2, 0.25) is 0 Å². The molecule has 4 aromatic rings. The van der Waals surface area contributed by atoms with E-state index in [-0.39, 0.29) is 0 Å². The second-order valence-corrected chi connectivity index (χ2v) is 10.7. The van der Waals surface area contributed by atoms with Crippen LogP contribution in [0.3, 0.4) is 0 Å². The van der Waals surface area contributed by atoms with Gasteiger partial charge in [-0.05, 0) is 62.6 Å². The molecule has 1 saturated heterocycles. The highest BCUT2D eigenvalue weighted by Crippen LogP contribution is 2.39. The molecule has 0 bridgehead atoms. The van der Waals surface area contributed by atoms with Crippen LogP contribution >= 0.6 is 0 Å². The average molecular weight is 473 g/mol. The predicted octanol–water partition coefficient (Wildman–Crippen LogP) is 5.28. The number of aromatic amines is 1. The van der Waals surface area contributed by atoms with Crippen molar-refractivity contribution in [1.29, 1.82) is 0 Å². The van der Waals surface area contributed by atoms with Crippen molar-refractivity contribution < 1.29 is 4.74 Å². The van der Waals surface area contributed by atoms with Crippen molar-refractivity contribution in [3.8, 4) is 11.3 Å². The van der Waals surface area contributed by atoms with E-state index in [2.05, 4.69) is 66.4 Å². The van der Waals surface area contributed by atoms with E-state index in [4.69, 9.17) is 9.72 Å². The molecule has 35 heavy (non-hydrogen) atoms. The zero-order chi connectivity index (χ0) is 24.1. The topological polar surface area (TPSA) is 80.1 Å². The Balaban J connectivity index is 1.36. The summed E-state index contributed by atoms with van der Waals surface area (Å²) in [5, 5.41) is 8.22. The summed E-state index contributed by atoms with van der Waals surface area (Å²) >= 11 is 0. The van der Waals surface area contributed by atoms with Gasteiger partial charge in [0.05, 0.1) is 36.0 Å². The molecular formula is C28H36N6O. The summed E-state index contributed by atoms with van der Waals surface area (Å²) in [6, 6.07) is 5.67. The fourth-order valence-corrected chi connectivity index (χ4v) is 6.11. The van der Waals surface area contributed by atoms with Crippen LogP contribution in [0.25, 0.3) is 27.9 Å². The Hall–Kier alpha value is -2.77. The minimum Gasteiger partial charge on any atom is -0.378 e. The molecule has 0 aromatic carbocycles. The molecule has 0 radical (unpaired) electrons. The maximum absolute atomic E-state index is 5.33. The van der Waals surface area contributed by atoms with Crippen LogP contribution < -0.4 is 5.32 Å². The summed E-state index contributed by atoms with van der Waals surface area (Å²) in [4.78, 5) is 13.5. The number of rotatable bonds is 6. The predicted molar refractivity (Wildman–Crippen MR) is 139 cm³/mol. The van der Waals surface area contributed by atoms with E-state index in [9.17, 15) is 0 Å². The van der Waals surface area contributed by atoms with Gasteiger partial charge in [-0.1, -0.05) is 20.8 Å². The molecule has 0 amide bonds. The van der Waals surface area contributed by atoms with Gasteiger partial charge < -0.3 is 15.0 Å². The number of aryl methyl sites for hydroxylation is 1. The Bertz CT molecular complexity index is 1360. The Morgan fingerprint density at radius 2 is 1.94 bits per heavy atom. The van der Waals surface area contributed by atoms with Crippen LogP contribution in [-0.4, -0.2) is 49.9 Å². The molecule has 2 fully saturated rings. The molecule has 0 unspecified atom stereocenters. The summed E-state index contributed by atoms with van der Waals surface area (Å²) < 4.78 is 7.24. The van der Waals surface area contributed by atoms with Gasteiger partial charge in [-0.15, -0.1) is 0 Å².